The molecule has 12 nitrogen and oxygen atoms in total. The van der Waals surface area contributed by atoms with Gasteiger partial charge in [0.15, 0.2) is 11.5 Å². The van der Waals surface area contributed by atoms with Crippen LogP contribution >= 0.6 is 0 Å². The maximum atomic E-state index is 13.7. The lowest BCUT2D eigenvalue weighted by molar-refractivity contribution is -0.121. The molecule has 0 unspecified atom stereocenters. The van der Waals surface area contributed by atoms with Gasteiger partial charge in [-0.15, -0.1) is 0 Å². The Morgan fingerprint density at radius 2 is 1.49 bits per heavy atom. The van der Waals surface area contributed by atoms with Crippen LogP contribution in [0.2, 0.25) is 0 Å². The van der Waals surface area contributed by atoms with Gasteiger partial charge in [0, 0.05) is 44.8 Å². The SMILES string of the molecule is COc1ccc(CCCc2cccc(OCCNC(=O)CCN(C)C(=O)N[C@H](CCN(CC(C)C)S(=O)(=O)c3ccc(N)cc3)Cc3ccccc3)c2)cc1OC. The number of nitrogens with zero attached hydrogens (tertiary/aromatic N) is 2. The molecule has 13 heteroatoms. The number of methoxy groups -OCH3 is 2. The Kier molecular flexibility index (Phi) is 17.5. The summed E-state index contributed by atoms with van der Waals surface area (Å²) in [6.07, 6.45) is 3.77. The van der Waals surface area contributed by atoms with Crippen LogP contribution in [0.15, 0.2) is 102 Å². The average Bonchev–Trinajstić information content (AvgIpc) is 3.20. The van der Waals surface area contributed by atoms with E-state index in [0.29, 0.717) is 44.0 Å². The third-order valence-electron chi connectivity index (χ3n) is 9.46. The number of benzene rings is 4. The van der Waals surface area contributed by atoms with Crippen LogP contribution in [0.25, 0.3) is 0 Å². The molecule has 4 aromatic carbocycles. The van der Waals surface area contributed by atoms with Crippen molar-refractivity contribution in [2.24, 2.45) is 5.92 Å². The number of urea groups is 1. The first kappa shape index (κ1) is 44.4. The van der Waals surface area contributed by atoms with Crippen molar-refractivity contribution in [3.63, 3.8) is 0 Å². The lowest BCUT2D eigenvalue weighted by Crippen LogP contribution is -2.46. The van der Waals surface area contributed by atoms with E-state index in [2.05, 4.69) is 22.8 Å². The third kappa shape index (κ3) is 14.6. The summed E-state index contributed by atoms with van der Waals surface area (Å²) in [7, 11) is 1.11. The van der Waals surface area contributed by atoms with Crippen molar-refractivity contribution in [3.8, 4) is 17.2 Å². The molecule has 0 spiro atoms. The molecule has 0 bridgehead atoms. The number of sulfonamides is 1. The maximum Gasteiger partial charge on any atom is 0.317 e. The summed E-state index contributed by atoms with van der Waals surface area (Å²) in [5.41, 5.74) is 9.66. The van der Waals surface area contributed by atoms with Gasteiger partial charge in [0.2, 0.25) is 15.9 Å². The molecule has 57 heavy (non-hydrogen) atoms. The Morgan fingerprint density at radius 3 is 2.18 bits per heavy atom. The molecule has 0 radical (unpaired) electrons. The number of hydrogen-bond acceptors (Lipinski definition) is 8. The van der Waals surface area contributed by atoms with Crippen LogP contribution in [0.3, 0.4) is 0 Å². The van der Waals surface area contributed by atoms with Gasteiger partial charge in [-0.05, 0) is 103 Å². The van der Waals surface area contributed by atoms with Crippen molar-refractivity contribution in [1.29, 1.82) is 0 Å². The molecule has 0 aliphatic heterocycles. The molecule has 4 aromatic rings. The molecule has 0 aliphatic carbocycles. The zero-order valence-corrected chi connectivity index (χ0v) is 34.7. The summed E-state index contributed by atoms with van der Waals surface area (Å²) >= 11 is 0. The van der Waals surface area contributed by atoms with Crippen molar-refractivity contribution >= 4 is 27.6 Å². The van der Waals surface area contributed by atoms with Crippen molar-refractivity contribution in [2.75, 3.05) is 59.8 Å². The van der Waals surface area contributed by atoms with Gasteiger partial charge in [-0.2, -0.15) is 4.31 Å². The van der Waals surface area contributed by atoms with Gasteiger partial charge in [0.05, 0.1) is 25.7 Å². The Labute approximate surface area is 338 Å². The van der Waals surface area contributed by atoms with Crippen LogP contribution in [-0.2, 0) is 34.1 Å². The zero-order valence-electron chi connectivity index (χ0n) is 33.9. The number of nitrogens with two attached hydrogens (primary N) is 1. The van der Waals surface area contributed by atoms with Crippen LogP contribution in [0.4, 0.5) is 10.5 Å². The van der Waals surface area contributed by atoms with Crippen LogP contribution in [0.5, 0.6) is 17.2 Å². The third-order valence-corrected chi connectivity index (χ3v) is 11.3. The second kappa shape index (κ2) is 22.5. The number of nitrogens with one attached hydrogen (secondary N) is 2. The maximum absolute atomic E-state index is 13.7. The molecule has 0 saturated heterocycles. The number of carbonyl (C=O) groups excluding carboxylic acids is 2. The number of carbonyl (C=O) groups is 2. The lowest BCUT2D eigenvalue weighted by atomic mass is 10.0. The standard InChI is InChI=1S/C44H59N5O7S/c1-33(2)32-49(57(52,53)40-20-18-37(45)19-21-40)27-23-38(29-34-11-7-6-8-12-34)47-44(51)48(3)26-24-43(50)46-25-28-56-39-16-10-15-35(30-39)13-9-14-36-17-22-41(54-4)42(31-36)55-5/h6-8,10-12,15-22,30-31,33,38H,9,13-14,23-29,32,45H2,1-5H3,(H,46,50)(H,47,51)/t38-/m1/s1. The number of rotatable bonds is 23. The fraction of sp³-hybridized carbons (Fsp3) is 0.409. The van der Waals surface area contributed by atoms with Crippen molar-refractivity contribution in [3.05, 3.63) is 114 Å². The lowest BCUT2D eigenvalue weighted by Gasteiger charge is -2.28. The highest BCUT2D eigenvalue weighted by Gasteiger charge is 2.27. The fourth-order valence-electron chi connectivity index (χ4n) is 6.36. The molecule has 308 valence electrons. The van der Waals surface area contributed by atoms with E-state index in [9.17, 15) is 18.0 Å². The zero-order chi connectivity index (χ0) is 41.2. The molecule has 0 heterocycles. The van der Waals surface area contributed by atoms with Gasteiger partial charge >= 0.3 is 6.03 Å². The Bertz CT molecular complexity index is 1960. The molecule has 0 saturated carbocycles. The van der Waals surface area contributed by atoms with E-state index >= 15 is 0 Å². The monoisotopic (exact) mass is 801 g/mol. The molecule has 3 amide bonds. The summed E-state index contributed by atoms with van der Waals surface area (Å²) in [4.78, 5) is 27.7. The Morgan fingerprint density at radius 1 is 0.807 bits per heavy atom. The topological polar surface area (TPSA) is 153 Å². The van der Waals surface area contributed by atoms with E-state index in [4.69, 9.17) is 19.9 Å². The van der Waals surface area contributed by atoms with E-state index in [1.54, 1.807) is 33.4 Å². The fourth-order valence-corrected chi connectivity index (χ4v) is 7.97. The highest BCUT2D eigenvalue weighted by atomic mass is 32.2. The Balaban J connectivity index is 1.22. The highest BCUT2D eigenvalue weighted by Crippen LogP contribution is 2.28. The van der Waals surface area contributed by atoms with E-state index in [0.717, 1.165) is 36.3 Å². The largest absolute Gasteiger partial charge is 0.493 e. The van der Waals surface area contributed by atoms with Gasteiger partial charge in [-0.3, -0.25) is 4.79 Å². The number of nitrogen functional groups attached to an aromatic ring is 1. The highest BCUT2D eigenvalue weighted by molar-refractivity contribution is 7.89. The summed E-state index contributed by atoms with van der Waals surface area (Å²) in [5, 5.41) is 5.96. The van der Waals surface area contributed by atoms with Gasteiger partial charge < -0.3 is 35.5 Å². The molecule has 0 fully saturated rings. The summed E-state index contributed by atoms with van der Waals surface area (Å²) in [5.74, 6) is 2.07. The van der Waals surface area contributed by atoms with E-state index in [-0.39, 0.29) is 48.3 Å². The number of hydrogen-bond donors (Lipinski definition) is 3. The summed E-state index contributed by atoms with van der Waals surface area (Å²) in [6.45, 7) is 5.31. The first-order valence-corrected chi connectivity index (χ1v) is 20.9. The Hall–Kier alpha value is -5.27. The molecule has 4 N–H and O–H groups in total. The quantitative estimate of drug-likeness (QED) is 0.0581. The minimum Gasteiger partial charge on any atom is -0.493 e. The van der Waals surface area contributed by atoms with Crippen molar-refractivity contribution in [2.45, 2.75) is 63.3 Å². The van der Waals surface area contributed by atoms with E-state index in [1.807, 2.05) is 74.5 Å². The van der Waals surface area contributed by atoms with E-state index in [1.165, 1.54) is 32.5 Å². The minimum atomic E-state index is -3.79. The first-order valence-electron chi connectivity index (χ1n) is 19.5. The first-order chi connectivity index (χ1) is 27.4. The molecular weight excluding hydrogens is 743 g/mol. The van der Waals surface area contributed by atoms with Crippen LogP contribution in [-0.4, -0.2) is 89.7 Å². The number of aryl methyl sites for hydroxylation is 2. The second-order valence-electron chi connectivity index (χ2n) is 14.5. The normalized spacial score (nSPS) is 11.9. The van der Waals surface area contributed by atoms with Crippen LogP contribution < -0.4 is 30.6 Å². The second-order valence-corrected chi connectivity index (χ2v) is 16.4. The minimum absolute atomic E-state index is 0.0867. The summed E-state index contributed by atoms with van der Waals surface area (Å²) in [6, 6.07) is 29.2. The number of ether oxygens (including phenoxy) is 3. The van der Waals surface area contributed by atoms with Gasteiger partial charge in [-0.25, -0.2) is 13.2 Å². The van der Waals surface area contributed by atoms with E-state index < -0.39 is 10.0 Å². The van der Waals surface area contributed by atoms with Crippen LogP contribution in [0.1, 0.15) is 49.8 Å². The van der Waals surface area contributed by atoms with Gasteiger partial charge in [0.25, 0.3) is 0 Å². The summed E-state index contributed by atoms with van der Waals surface area (Å²) < 4.78 is 45.5. The molecule has 0 aliphatic rings. The number of amides is 3. The molecule has 1 atom stereocenters. The predicted molar refractivity (Wildman–Crippen MR) is 225 cm³/mol. The smallest absolute Gasteiger partial charge is 0.317 e. The number of anilines is 1. The molecular formula is C44H59N5O7S. The molecule has 0 aromatic heterocycles. The predicted octanol–water partition coefficient (Wildman–Crippen LogP) is 6.34. The van der Waals surface area contributed by atoms with Crippen molar-refractivity contribution < 1.29 is 32.2 Å². The van der Waals surface area contributed by atoms with Crippen molar-refractivity contribution in [1.82, 2.24) is 19.8 Å². The average molecular weight is 802 g/mol. The van der Waals surface area contributed by atoms with Crippen LogP contribution in [0, 0.1) is 5.92 Å². The molecule has 4 rings (SSSR count). The van der Waals surface area contributed by atoms with Gasteiger partial charge in [0.1, 0.15) is 12.4 Å². The van der Waals surface area contributed by atoms with Gasteiger partial charge in [-0.1, -0.05) is 62.4 Å².